The van der Waals surface area contributed by atoms with Gasteiger partial charge in [-0.25, -0.2) is 0 Å². The Hall–Kier alpha value is -3.18. The molecule has 0 saturated carbocycles. The Kier molecular flexibility index (Phi) is 5.22. The Labute approximate surface area is 188 Å². The molecule has 2 atom stereocenters. The van der Waals surface area contributed by atoms with Crippen LogP contribution in [-0.4, -0.2) is 47.5 Å². The van der Waals surface area contributed by atoms with Crippen LogP contribution in [0.25, 0.3) is 16.5 Å². The van der Waals surface area contributed by atoms with Crippen molar-refractivity contribution >= 4 is 28.2 Å². The molecule has 5 rings (SSSR count). The molecule has 164 valence electrons. The van der Waals surface area contributed by atoms with E-state index in [9.17, 15) is 9.59 Å². The fourth-order valence-corrected chi connectivity index (χ4v) is 5.11. The number of esters is 1. The predicted octanol–water partition coefficient (Wildman–Crippen LogP) is 4.52. The molecule has 2 heterocycles. The van der Waals surface area contributed by atoms with Crippen LogP contribution in [-0.2, 0) is 16.0 Å². The Bertz CT molecular complexity index is 1220. The first-order valence-corrected chi connectivity index (χ1v) is 11.2. The lowest BCUT2D eigenvalue weighted by molar-refractivity contribution is -0.146. The van der Waals surface area contributed by atoms with Crippen LogP contribution in [0.2, 0.25) is 0 Å². The SMILES string of the molecule is CC(C)n1cc2c3c(cccc31)C1=C[C@@H](C(=O)OCC(=O)c3ccccc3)CN(C)[C@@H]1C2. The maximum absolute atomic E-state index is 12.9. The average molecular weight is 429 g/mol. The first-order valence-electron chi connectivity index (χ1n) is 11.2. The summed E-state index contributed by atoms with van der Waals surface area (Å²) in [7, 11) is 2.07. The number of likely N-dealkylation sites (N-methyl/N-ethyl adjacent to an activating group) is 1. The molecule has 0 radical (unpaired) electrons. The second-order valence-electron chi connectivity index (χ2n) is 9.14. The van der Waals surface area contributed by atoms with Crippen LogP contribution in [0.4, 0.5) is 0 Å². The van der Waals surface area contributed by atoms with Crippen molar-refractivity contribution in [2.45, 2.75) is 32.4 Å². The maximum atomic E-state index is 12.9. The quantitative estimate of drug-likeness (QED) is 0.443. The molecule has 0 N–H and O–H groups in total. The number of ketones is 1. The number of Topliss-reactive ketones (excluding diaryl/α,β-unsaturated/α-hetero) is 1. The molecule has 0 spiro atoms. The summed E-state index contributed by atoms with van der Waals surface area (Å²) in [5.41, 5.74) is 5.56. The van der Waals surface area contributed by atoms with Crippen LogP contribution in [0.15, 0.2) is 60.8 Å². The fraction of sp³-hybridized carbons (Fsp3) is 0.333. The van der Waals surface area contributed by atoms with E-state index in [0.29, 0.717) is 18.2 Å². The van der Waals surface area contributed by atoms with E-state index < -0.39 is 0 Å². The number of rotatable bonds is 5. The van der Waals surface area contributed by atoms with Crippen molar-refractivity contribution < 1.29 is 14.3 Å². The van der Waals surface area contributed by atoms with Gasteiger partial charge in [-0.3, -0.25) is 14.5 Å². The highest BCUT2D eigenvalue weighted by molar-refractivity contribution is 6.00. The Morgan fingerprint density at radius 3 is 2.62 bits per heavy atom. The van der Waals surface area contributed by atoms with Crippen LogP contribution < -0.4 is 0 Å². The van der Waals surface area contributed by atoms with Crippen LogP contribution in [0.5, 0.6) is 0 Å². The summed E-state index contributed by atoms with van der Waals surface area (Å²) in [6, 6.07) is 16.0. The third-order valence-electron chi connectivity index (χ3n) is 6.72. The third-order valence-corrected chi connectivity index (χ3v) is 6.72. The highest BCUT2D eigenvalue weighted by atomic mass is 16.5. The van der Waals surface area contributed by atoms with Crippen LogP contribution in [0.3, 0.4) is 0 Å². The van der Waals surface area contributed by atoms with E-state index in [1.54, 1.807) is 24.3 Å². The molecule has 2 aliphatic rings. The summed E-state index contributed by atoms with van der Waals surface area (Å²) in [4.78, 5) is 27.5. The monoisotopic (exact) mass is 428 g/mol. The number of benzene rings is 2. The minimum atomic E-state index is -0.390. The van der Waals surface area contributed by atoms with Gasteiger partial charge in [0.1, 0.15) is 0 Å². The van der Waals surface area contributed by atoms with E-state index in [-0.39, 0.29) is 30.3 Å². The van der Waals surface area contributed by atoms with Crippen molar-refractivity contribution in [2.75, 3.05) is 20.2 Å². The largest absolute Gasteiger partial charge is 0.457 e. The average Bonchev–Trinajstić information content (AvgIpc) is 3.18. The molecule has 5 nitrogen and oxygen atoms in total. The predicted molar refractivity (Wildman–Crippen MR) is 126 cm³/mol. The Balaban J connectivity index is 1.43. The number of nitrogens with zero attached hydrogens (tertiary/aromatic N) is 2. The zero-order chi connectivity index (χ0) is 22.4. The van der Waals surface area contributed by atoms with E-state index in [2.05, 4.69) is 60.8 Å². The Morgan fingerprint density at radius 2 is 1.88 bits per heavy atom. The molecular formula is C27H28N2O3. The Morgan fingerprint density at radius 1 is 1.09 bits per heavy atom. The van der Waals surface area contributed by atoms with Gasteiger partial charge >= 0.3 is 5.97 Å². The highest BCUT2D eigenvalue weighted by Gasteiger charge is 2.36. The lowest BCUT2D eigenvalue weighted by Crippen LogP contribution is -2.44. The van der Waals surface area contributed by atoms with Gasteiger partial charge in [-0.1, -0.05) is 48.5 Å². The number of fused-ring (bicyclic) bond motifs is 2. The molecule has 1 aliphatic heterocycles. The van der Waals surface area contributed by atoms with Crippen LogP contribution >= 0.6 is 0 Å². The number of hydrogen-bond acceptors (Lipinski definition) is 4. The fourth-order valence-electron chi connectivity index (χ4n) is 5.11. The standard InChI is InChI=1S/C27H28N2O3/c1-17(2)29-15-19-13-24-22(21-10-7-11-23(29)26(19)21)12-20(14-28(24)3)27(31)32-16-25(30)18-8-5-4-6-9-18/h4-12,15,17,20,24H,13-14,16H2,1-3H3/t20-,24-/m1/s1. The van der Waals surface area contributed by atoms with E-state index in [1.807, 2.05) is 6.07 Å². The molecule has 0 saturated heterocycles. The van der Waals surface area contributed by atoms with Gasteiger partial charge in [0.15, 0.2) is 12.4 Å². The van der Waals surface area contributed by atoms with E-state index in [1.165, 1.54) is 27.6 Å². The van der Waals surface area contributed by atoms with Crippen molar-refractivity contribution in [3.63, 3.8) is 0 Å². The second kappa shape index (κ2) is 8.06. The van der Waals surface area contributed by atoms with Gasteiger partial charge in [0.25, 0.3) is 0 Å². The summed E-state index contributed by atoms with van der Waals surface area (Å²) < 4.78 is 7.78. The van der Waals surface area contributed by atoms with Crippen molar-refractivity contribution in [1.82, 2.24) is 9.47 Å². The van der Waals surface area contributed by atoms with Gasteiger partial charge in [-0.2, -0.15) is 0 Å². The third kappa shape index (κ3) is 3.47. The van der Waals surface area contributed by atoms with Gasteiger partial charge in [0.05, 0.1) is 5.92 Å². The number of aromatic nitrogens is 1. The van der Waals surface area contributed by atoms with Gasteiger partial charge in [0.2, 0.25) is 0 Å². The number of carbonyl (C=O) groups is 2. The van der Waals surface area contributed by atoms with Crippen molar-refractivity contribution in [2.24, 2.45) is 5.92 Å². The molecule has 1 aromatic heterocycles. The molecule has 0 amide bonds. The highest BCUT2D eigenvalue weighted by Crippen LogP contribution is 2.42. The lowest BCUT2D eigenvalue weighted by Gasteiger charge is -2.39. The summed E-state index contributed by atoms with van der Waals surface area (Å²) in [6.07, 6.45) is 5.30. The normalized spacial score (nSPS) is 20.2. The molecule has 0 unspecified atom stereocenters. The first kappa shape index (κ1) is 20.7. The zero-order valence-electron chi connectivity index (χ0n) is 18.7. The van der Waals surface area contributed by atoms with E-state index in [0.717, 1.165) is 6.42 Å². The van der Waals surface area contributed by atoms with Crippen molar-refractivity contribution in [1.29, 1.82) is 0 Å². The maximum Gasteiger partial charge on any atom is 0.314 e. The molecule has 5 heteroatoms. The molecule has 0 bridgehead atoms. The molecule has 1 aliphatic carbocycles. The zero-order valence-corrected chi connectivity index (χ0v) is 18.7. The first-order chi connectivity index (χ1) is 15.4. The smallest absolute Gasteiger partial charge is 0.314 e. The van der Waals surface area contributed by atoms with Crippen LogP contribution in [0.1, 0.15) is 41.4 Å². The summed E-state index contributed by atoms with van der Waals surface area (Å²) in [6.45, 7) is 4.76. The van der Waals surface area contributed by atoms with Crippen molar-refractivity contribution in [3.05, 3.63) is 77.5 Å². The molecule has 2 aromatic carbocycles. The molecule has 3 aromatic rings. The van der Waals surface area contributed by atoms with Crippen LogP contribution in [0, 0.1) is 5.92 Å². The summed E-state index contributed by atoms with van der Waals surface area (Å²) >= 11 is 0. The number of hydrogen-bond donors (Lipinski definition) is 0. The topological polar surface area (TPSA) is 51.5 Å². The molecule has 32 heavy (non-hydrogen) atoms. The minimum Gasteiger partial charge on any atom is -0.457 e. The number of carbonyl (C=O) groups excluding carboxylic acids is 2. The van der Waals surface area contributed by atoms with Gasteiger partial charge in [0, 0.05) is 41.3 Å². The minimum absolute atomic E-state index is 0.184. The summed E-state index contributed by atoms with van der Waals surface area (Å²) in [5.74, 6) is -0.917. The van der Waals surface area contributed by atoms with Gasteiger partial charge in [-0.15, -0.1) is 0 Å². The van der Waals surface area contributed by atoms with E-state index in [4.69, 9.17) is 4.74 Å². The van der Waals surface area contributed by atoms with Gasteiger partial charge in [-0.05, 0) is 50.1 Å². The second-order valence-corrected chi connectivity index (χ2v) is 9.14. The van der Waals surface area contributed by atoms with E-state index >= 15 is 0 Å². The van der Waals surface area contributed by atoms with Gasteiger partial charge < -0.3 is 9.30 Å². The lowest BCUT2D eigenvalue weighted by atomic mass is 9.80. The molecule has 0 fully saturated rings. The van der Waals surface area contributed by atoms with Crippen molar-refractivity contribution in [3.8, 4) is 0 Å². The summed E-state index contributed by atoms with van der Waals surface area (Å²) in [5, 5.41) is 1.30. The molecular weight excluding hydrogens is 400 g/mol. The number of ether oxygens (including phenoxy) is 1.